The summed E-state index contributed by atoms with van der Waals surface area (Å²) in [5.74, 6) is 0. The van der Waals surface area contributed by atoms with E-state index in [0.29, 0.717) is 0 Å². The molecule has 0 spiro atoms. The Kier molecular flexibility index (Phi) is 4.80. The van der Waals surface area contributed by atoms with Crippen LogP contribution in [0.25, 0.3) is 0 Å². The molecule has 12 heavy (non-hydrogen) atoms. The first-order chi connectivity index (χ1) is 5.93. The van der Waals surface area contributed by atoms with E-state index in [1.54, 1.807) is 11.3 Å². The predicted molar refractivity (Wildman–Crippen MR) is 53.9 cm³/mol. The van der Waals surface area contributed by atoms with Crippen molar-refractivity contribution in [3.05, 3.63) is 16.8 Å². The quantitative estimate of drug-likeness (QED) is 0.688. The van der Waals surface area contributed by atoms with Crippen molar-refractivity contribution in [3.8, 4) is 0 Å². The van der Waals surface area contributed by atoms with Gasteiger partial charge < -0.3 is 10.1 Å². The summed E-state index contributed by atoms with van der Waals surface area (Å²) in [4.78, 5) is 0. The minimum absolute atomic E-state index is 0.818. The van der Waals surface area contributed by atoms with Crippen LogP contribution >= 0.6 is 11.3 Å². The van der Waals surface area contributed by atoms with Crippen molar-refractivity contribution < 1.29 is 4.74 Å². The minimum atomic E-state index is 0.818. The Hall–Kier alpha value is -0.540. The molecule has 0 aliphatic carbocycles. The molecule has 0 aliphatic rings. The van der Waals surface area contributed by atoms with E-state index in [1.807, 2.05) is 6.92 Å². The van der Waals surface area contributed by atoms with Gasteiger partial charge in [-0.25, -0.2) is 0 Å². The van der Waals surface area contributed by atoms with E-state index in [9.17, 15) is 0 Å². The molecular formula is C9H15NOS. The molecule has 2 nitrogen and oxygen atoms in total. The van der Waals surface area contributed by atoms with E-state index < -0.39 is 0 Å². The van der Waals surface area contributed by atoms with Crippen molar-refractivity contribution in [3.63, 3.8) is 0 Å². The van der Waals surface area contributed by atoms with E-state index in [1.165, 1.54) is 5.69 Å². The molecule has 1 heterocycles. The number of nitrogens with one attached hydrogen (secondary N) is 1. The topological polar surface area (TPSA) is 21.3 Å². The summed E-state index contributed by atoms with van der Waals surface area (Å²) in [6, 6.07) is 2.09. The molecule has 1 rings (SSSR count). The first kappa shape index (κ1) is 9.55. The first-order valence-electron chi connectivity index (χ1n) is 4.27. The summed E-state index contributed by atoms with van der Waals surface area (Å²) in [5, 5.41) is 7.50. The van der Waals surface area contributed by atoms with Gasteiger partial charge in [-0.1, -0.05) is 0 Å². The van der Waals surface area contributed by atoms with Crippen molar-refractivity contribution in [2.24, 2.45) is 0 Å². The molecule has 0 radical (unpaired) electrons. The molecule has 68 valence electrons. The minimum Gasteiger partial charge on any atom is -0.384 e. The Morgan fingerprint density at radius 3 is 3.17 bits per heavy atom. The highest BCUT2D eigenvalue weighted by Crippen LogP contribution is 2.11. The molecule has 0 bridgehead atoms. The normalized spacial score (nSPS) is 10.1. The van der Waals surface area contributed by atoms with Crippen LogP contribution in [0.3, 0.4) is 0 Å². The number of anilines is 1. The monoisotopic (exact) mass is 185 g/mol. The molecule has 1 N–H and O–H groups in total. The van der Waals surface area contributed by atoms with E-state index in [-0.39, 0.29) is 0 Å². The van der Waals surface area contributed by atoms with Gasteiger partial charge in [0.2, 0.25) is 0 Å². The van der Waals surface area contributed by atoms with Gasteiger partial charge >= 0.3 is 0 Å². The second-order valence-electron chi connectivity index (χ2n) is 2.49. The molecule has 0 atom stereocenters. The molecular weight excluding hydrogens is 170 g/mol. The van der Waals surface area contributed by atoms with Crippen molar-refractivity contribution in [2.45, 2.75) is 13.3 Å². The zero-order chi connectivity index (χ0) is 8.65. The van der Waals surface area contributed by atoms with E-state index in [2.05, 4.69) is 22.1 Å². The zero-order valence-electron chi connectivity index (χ0n) is 7.38. The van der Waals surface area contributed by atoms with Crippen LogP contribution in [0.15, 0.2) is 16.8 Å². The Bertz CT molecular complexity index is 186. The standard InChI is InChI=1S/C9H15NOS/c1-2-11-6-3-5-10-9-4-7-12-8-9/h4,7-8,10H,2-3,5-6H2,1H3. The fourth-order valence-electron chi connectivity index (χ4n) is 0.916. The lowest BCUT2D eigenvalue weighted by atomic mass is 10.4. The third-order valence-corrected chi connectivity index (χ3v) is 2.20. The third-order valence-electron chi connectivity index (χ3n) is 1.52. The van der Waals surface area contributed by atoms with Gasteiger partial charge in [0.1, 0.15) is 0 Å². The smallest absolute Gasteiger partial charge is 0.0482 e. The second-order valence-corrected chi connectivity index (χ2v) is 3.27. The van der Waals surface area contributed by atoms with Gasteiger partial charge in [-0.05, 0) is 24.8 Å². The number of thiophene rings is 1. The van der Waals surface area contributed by atoms with Gasteiger partial charge in [0.15, 0.2) is 0 Å². The number of hydrogen-bond acceptors (Lipinski definition) is 3. The van der Waals surface area contributed by atoms with Gasteiger partial charge in [-0.3, -0.25) is 0 Å². The molecule has 1 aromatic heterocycles. The van der Waals surface area contributed by atoms with Gasteiger partial charge in [-0.15, -0.1) is 0 Å². The molecule has 0 saturated heterocycles. The van der Waals surface area contributed by atoms with Gasteiger partial charge in [-0.2, -0.15) is 11.3 Å². The van der Waals surface area contributed by atoms with Crippen LogP contribution in [0.2, 0.25) is 0 Å². The average Bonchev–Trinajstić information content (AvgIpc) is 2.57. The van der Waals surface area contributed by atoms with E-state index in [0.717, 1.165) is 26.2 Å². The van der Waals surface area contributed by atoms with Gasteiger partial charge in [0.05, 0.1) is 0 Å². The summed E-state index contributed by atoms with van der Waals surface area (Å²) in [6.07, 6.45) is 1.07. The third kappa shape index (κ3) is 3.74. The van der Waals surface area contributed by atoms with Crippen molar-refractivity contribution >= 4 is 17.0 Å². The molecule has 0 aliphatic heterocycles. The lowest BCUT2D eigenvalue weighted by molar-refractivity contribution is 0.147. The summed E-state index contributed by atoms with van der Waals surface area (Å²) in [7, 11) is 0. The fourth-order valence-corrected chi connectivity index (χ4v) is 1.53. The Morgan fingerprint density at radius 1 is 1.58 bits per heavy atom. The molecule has 0 amide bonds. The summed E-state index contributed by atoms with van der Waals surface area (Å²) < 4.78 is 5.22. The van der Waals surface area contributed by atoms with Crippen molar-refractivity contribution in [1.82, 2.24) is 0 Å². The van der Waals surface area contributed by atoms with Crippen LogP contribution in [0.1, 0.15) is 13.3 Å². The lowest BCUT2D eigenvalue weighted by Gasteiger charge is -2.03. The highest BCUT2D eigenvalue weighted by Gasteiger charge is 1.90. The van der Waals surface area contributed by atoms with Crippen LogP contribution in [0.4, 0.5) is 5.69 Å². The summed E-state index contributed by atoms with van der Waals surface area (Å²) in [5.41, 5.74) is 1.22. The predicted octanol–water partition coefficient (Wildman–Crippen LogP) is 2.59. The Labute approximate surface area is 77.6 Å². The maximum atomic E-state index is 5.22. The van der Waals surface area contributed by atoms with Crippen molar-refractivity contribution in [2.75, 3.05) is 25.1 Å². The molecule has 0 unspecified atom stereocenters. The second kappa shape index (κ2) is 6.03. The van der Waals surface area contributed by atoms with Gasteiger partial charge in [0.25, 0.3) is 0 Å². The number of ether oxygens (including phenoxy) is 1. The number of hydrogen-bond donors (Lipinski definition) is 1. The first-order valence-corrected chi connectivity index (χ1v) is 5.21. The number of rotatable bonds is 6. The van der Waals surface area contributed by atoms with Crippen LogP contribution in [0, 0.1) is 0 Å². The van der Waals surface area contributed by atoms with Crippen LogP contribution in [-0.4, -0.2) is 19.8 Å². The summed E-state index contributed by atoms with van der Waals surface area (Å²) in [6.45, 7) is 4.69. The highest BCUT2D eigenvalue weighted by molar-refractivity contribution is 7.08. The van der Waals surface area contributed by atoms with E-state index >= 15 is 0 Å². The molecule has 0 aromatic carbocycles. The molecule has 0 saturated carbocycles. The molecule has 0 fully saturated rings. The highest BCUT2D eigenvalue weighted by atomic mass is 32.1. The van der Waals surface area contributed by atoms with Crippen LogP contribution < -0.4 is 5.32 Å². The van der Waals surface area contributed by atoms with Crippen LogP contribution in [-0.2, 0) is 4.74 Å². The van der Waals surface area contributed by atoms with E-state index in [4.69, 9.17) is 4.74 Å². The zero-order valence-corrected chi connectivity index (χ0v) is 8.19. The fraction of sp³-hybridized carbons (Fsp3) is 0.556. The largest absolute Gasteiger partial charge is 0.384 e. The Morgan fingerprint density at radius 2 is 2.50 bits per heavy atom. The maximum Gasteiger partial charge on any atom is 0.0482 e. The van der Waals surface area contributed by atoms with Crippen molar-refractivity contribution in [1.29, 1.82) is 0 Å². The molecule has 1 aromatic rings. The Balaban J connectivity index is 1.96. The maximum absolute atomic E-state index is 5.22. The lowest BCUT2D eigenvalue weighted by Crippen LogP contribution is -2.04. The average molecular weight is 185 g/mol. The SMILES string of the molecule is CCOCCCNc1ccsc1. The molecule has 3 heteroatoms. The van der Waals surface area contributed by atoms with Gasteiger partial charge in [0, 0.05) is 30.8 Å². The van der Waals surface area contributed by atoms with Crippen LogP contribution in [0.5, 0.6) is 0 Å². The summed E-state index contributed by atoms with van der Waals surface area (Å²) >= 11 is 1.71.